The lowest BCUT2D eigenvalue weighted by molar-refractivity contribution is 0.667. The molecule has 11 rings (SSSR count). The summed E-state index contributed by atoms with van der Waals surface area (Å²) in [7, 11) is 0. The lowest BCUT2D eigenvalue weighted by Gasteiger charge is -2.09. The fourth-order valence-electron chi connectivity index (χ4n) is 7.41. The first-order chi connectivity index (χ1) is 27.7. The van der Waals surface area contributed by atoms with Crippen molar-refractivity contribution < 1.29 is 4.42 Å². The normalized spacial score (nSPS) is 11.6. The molecule has 0 saturated heterocycles. The van der Waals surface area contributed by atoms with Crippen LogP contribution >= 0.6 is 11.3 Å². The van der Waals surface area contributed by atoms with Crippen molar-refractivity contribution in [3.05, 3.63) is 176 Å². The molecule has 0 fully saturated rings. The van der Waals surface area contributed by atoms with E-state index < -0.39 is 0 Å². The number of furan rings is 1. The largest absolute Gasteiger partial charge is 0.452 e. The molecule has 4 heterocycles. The maximum Gasteiger partial charge on any atom is 0.180 e. The minimum Gasteiger partial charge on any atom is -0.452 e. The van der Waals surface area contributed by atoms with Gasteiger partial charge in [-0.1, -0.05) is 152 Å². The Morgan fingerprint density at radius 1 is 0.375 bits per heavy atom. The van der Waals surface area contributed by atoms with Gasteiger partial charge in [0.25, 0.3) is 0 Å². The van der Waals surface area contributed by atoms with Gasteiger partial charge in [-0.3, -0.25) is 0 Å². The Morgan fingerprint density at radius 3 is 1.66 bits per heavy atom. The smallest absolute Gasteiger partial charge is 0.180 e. The second-order valence-corrected chi connectivity index (χ2v) is 14.7. The van der Waals surface area contributed by atoms with Crippen LogP contribution in [0.4, 0.5) is 0 Å². The van der Waals surface area contributed by atoms with Crippen molar-refractivity contribution in [3.63, 3.8) is 0 Å². The Bertz CT molecular complexity index is 3230. The highest BCUT2D eigenvalue weighted by molar-refractivity contribution is 7.26. The first-order valence-corrected chi connectivity index (χ1v) is 19.2. The van der Waals surface area contributed by atoms with Crippen molar-refractivity contribution in [3.8, 4) is 67.9 Å². The van der Waals surface area contributed by atoms with Crippen molar-refractivity contribution >= 4 is 53.6 Å². The van der Waals surface area contributed by atoms with Gasteiger partial charge in [0.1, 0.15) is 16.8 Å². The van der Waals surface area contributed by atoms with Gasteiger partial charge in [-0.25, -0.2) is 24.9 Å². The zero-order chi connectivity index (χ0) is 37.0. The van der Waals surface area contributed by atoms with E-state index in [1.165, 1.54) is 5.56 Å². The highest BCUT2D eigenvalue weighted by Crippen LogP contribution is 2.42. The molecule has 0 aliphatic carbocycles. The summed E-state index contributed by atoms with van der Waals surface area (Å²) in [6, 6.07) is 60.0. The number of thiophene rings is 1. The molecule has 0 amide bonds. The summed E-state index contributed by atoms with van der Waals surface area (Å²) in [6.45, 7) is 0. The van der Waals surface area contributed by atoms with E-state index in [1.54, 1.807) is 11.3 Å². The van der Waals surface area contributed by atoms with E-state index in [1.807, 2.05) is 72.8 Å². The van der Waals surface area contributed by atoms with Crippen LogP contribution in [0.25, 0.3) is 110 Å². The van der Waals surface area contributed by atoms with Gasteiger partial charge in [0, 0.05) is 53.4 Å². The molecule has 4 aromatic heterocycles. The van der Waals surface area contributed by atoms with E-state index >= 15 is 0 Å². The van der Waals surface area contributed by atoms with Gasteiger partial charge in [-0.2, -0.15) is 0 Å². The first kappa shape index (κ1) is 32.1. The third kappa shape index (κ3) is 5.52. The number of fused-ring (bicyclic) bond motifs is 6. The zero-order valence-electron chi connectivity index (χ0n) is 29.8. The summed E-state index contributed by atoms with van der Waals surface area (Å²) < 4.78 is 8.62. The molecule has 0 N–H and O–H groups in total. The minimum absolute atomic E-state index is 0.619. The Balaban J connectivity index is 1.05. The molecule has 0 atom stereocenters. The van der Waals surface area contributed by atoms with Gasteiger partial charge in [0.05, 0.1) is 0 Å². The Morgan fingerprint density at radius 2 is 0.929 bits per heavy atom. The van der Waals surface area contributed by atoms with E-state index in [2.05, 4.69) is 103 Å². The average molecular weight is 736 g/mol. The minimum atomic E-state index is 0.619. The molecule has 262 valence electrons. The first-order valence-electron chi connectivity index (χ1n) is 18.4. The van der Waals surface area contributed by atoms with Crippen molar-refractivity contribution in [2.24, 2.45) is 0 Å². The van der Waals surface area contributed by atoms with Crippen LogP contribution in [-0.2, 0) is 0 Å². The van der Waals surface area contributed by atoms with Gasteiger partial charge in [0.2, 0.25) is 0 Å². The highest BCUT2D eigenvalue weighted by atomic mass is 32.1. The lowest BCUT2D eigenvalue weighted by atomic mass is 10.0. The maximum atomic E-state index is 6.38. The van der Waals surface area contributed by atoms with Gasteiger partial charge in [-0.15, -0.1) is 11.3 Å². The molecular weight excluding hydrogens is 707 g/mol. The molecule has 7 aromatic carbocycles. The molecule has 0 aliphatic rings. The number of rotatable bonds is 6. The summed E-state index contributed by atoms with van der Waals surface area (Å²) in [6.07, 6.45) is 0. The molecule has 6 nitrogen and oxygen atoms in total. The Hall–Kier alpha value is -7.35. The van der Waals surface area contributed by atoms with Crippen LogP contribution < -0.4 is 0 Å². The van der Waals surface area contributed by atoms with E-state index in [0.29, 0.717) is 28.9 Å². The lowest BCUT2D eigenvalue weighted by Crippen LogP contribution is -2.00. The maximum absolute atomic E-state index is 6.38. The van der Waals surface area contributed by atoms with Gasteiger partial charge >= 0.3 is 0 Å². The second kappa shape index (κ2) is 13.2. The molecule has 11 aromatic rings. The van der Waals surface area contributed by atoms with Crippen LogP contribution in [0.1, 0.15) is 0 Å². The Labute approximate surface area is 325 Å². The van der Waals surface area contributed by atoms with Crippen LogP contribution in [0.3, 0.4) is 0 Å². The third-order valence-corrected chi connectivity index (χ3v) is 11.4. The van der Waals surface area contributed by atoms with Gasteiger partial charge in [0.15, 0.2) is 28.9 Å². The summed E-state index contributed by atoms with van der Waals surface area (Å²) in [5.41, 5.74) is 10.1. The predicted molar refractivity (Wildman–Crippen MR) is 228 cm³/mol. The monoisotopic (exact) mass is 735 g/mol. The zero-order valence-corrected chi connectivity index (χ0v) is 30.6. The van der Waals surface area contributed by atoms with E-state index in [0.717, 1.165) is 75.7 Å². The average Bonchev–Trinajstić information content (AvgIpc) is 3.85. The van der Waals surface area contributed by atoms with Crippen molar-refractivity contribution in [2.45, 2.75) is 0 Å². The number of aromatic nitrogens is 5. The second-order valence-electron chi connectivity index (χ2n) is 13.6. The summed E-state index contributed by atoms with van der Waals surface area (Å²) in [4.78, 5) is 25.4. The standard InChI is InChI=1S/C49H29N5OS/c1-4-13-30(14-5-1)31-23-25-34(26-24-31)47-52-46(33-17-8-3-9-18-33)53-48(54-47)35-27-28-36-37-20-12-21-39(45(37)56-41(36)29-35)49-50-42(32-15-6-2-7-16-32)44-43(51-49)38-19-10-11-22-40(38)55-44/h1-29H. The number of hydrogen-bond donors (Lipinski definition) is 0. The van der Waals surface area contributed by atoms with Crippen LogP contribution in [-0.4, -0.2) is 24.9 Å². The molecule has 0 aliphatic heterocycles. The molecule has 0 unspecified atom stereocenters. The summed E-state index contributed by atoms with van der Waals surface area (Å²) in [5.74, 6) is 2.53. The van der Waals surface area contributed by atoms with Crippen molar-refractivity contribution in [1.82, 2.24) is 24.9 Å². The number of hydrogen-bond acceptors (Lipinski definition) is 7. The van der Waals surface area contributed by atoms with Crippen molar-refractivity contribution in [1.29, 1.82) is 0 Å². The fraction of sp³-hybridized carbons (Fsp3) is 0. The van der Waals surface area contributed by atoms with E-state index in [4.69, 9.17) is 29.3 Å². The fourth-order valence-corrected chi connectivity index (χ4v) is 8.66. The summed E-state index contributed by atoms with van der Waals surface area (Å²) in [5, 5.41) is 3.27. The molecule has 0 spiro atoms. The van der Waals surface area contributed by atoms with Crippen molar-refractivity contribution in [2.75, 3.05) is 0 Å². The number of nitrogens with zero attached hydrogens (tertiary/aromatic N) is 5. The molecule has 0 bridgehead atoms. The number of benzene rings is 7. The van der Waals surface area contributed by atoms with Gasteiger partial charge < -0.3 is 4.42 Å². The van der Waals surface area contributed by atoms with E-state index in [9.17, 15) is 0 Å². The summed E-state index contributed by atoms with van der Waals surface area (Å²) >= 11 is 1.73. The van der Waals surface area contributed by atoms with Crippen LogP contribution in [0.2, 0.25) is 0 Å². The molecule has 7 heteroatoms. The topological polar surface area (TPSA) is 77.6 Å². The quantitative estimate of drug-likeness (QED) is 0.169. The number of para-hydroxylation sites is 1. The molecular formula is C49H29N5OS. The van der Waals surface area contributed by atoms with Crippen LogP contribution in [0.5, 0.6) is 0 Å². The van der Waals surface area contributed by atoms with Crippen LogP contribution in [0, 0.1) is 0 Å². The predicted octanol–water partition coefficient (Wildman–Crippen LogP) is 12.9. The Kier molecular flexibility index (Phi) is 7.57. The molecule has 56 heavy (non-hydrogen) atoms. The molecule has 0 radical (unpaired) electrons. The SMILES string of the molecule is c1ccc(-c2ccc(-c3nc(-c4ccccc4)nc(-c4ccc5c(c4)sc4c(-c6nc(-c7ccccc7)c7oc8ccccc8c7n6)cccc45)n3)cc2)cc1. The highest BCUT2D eigenvalue weighted by Gasteiger charge is 2.21. The third-order valence-electron chi connectivity index (χ3n) is 10.2. The van der Waals surface area contributed by atoms with Gasteiger partial charge in [-0.05, 0) is 35.4 Å². The van der Waals surface area contributed by atoms with Crippen LogP contribution in [0.15, 0.2) is 180 Å². The van der Waals surface area contributed by atoms with E-state index in [-0.39, 0.29) is 0 Å². The molecule has 0 saturated carbocycles.